The molecule has 1 aliphatic rings. The van der Waals surface area contributed by atoms with E-state index in [2.05, 4.69) is 4.99 Å². The number of nitrogens with zero attached hydrogens (tertiary/aromatic N) is 2. The second-order valence-corrected chi connectivity index (χ2v) is 5.50. The lowest BCUT2D eigenvalue weighted by atomic mass is 10.1. The van der Waals surface area contributed by atoms with Gasteiger partial charge in [-0.2, -0.15) is 4.99 Å². The van der Waals surface area contributed by atoms with Crippen LogP contribution in [0.15, 0.2) is 59.3 Å². The van der Waals surface area contributed by atoms with Crippen LogP contribution in [0.1, 0.15) is 12.5 Å². The van der Waals surface area contributed by atoms with E-state index in [1.165, 1.54) is 4.90 Å². The summed E-state index contributed by atoms with van der Waals surface area (Å²) >= 11 is 0. The second kappa shape index (κ2) is 7.74. The van der Waals surface area contributed by atoms with Crippen molar-refractivity contribution in [3.05, 3.63) is 59.9 Å². The fourth-order valence-electron chi connectivity index (χ4n) is 2.56. The molecule has 2 aromatic carbocycles. The first kappa shape index (κ1) is 17.5. The third-order valence-electron chi connectivity index (χ3n) is 3.91. The molecule has 1 saturated heterocycles. The summed E-state index contributed by atoms with van der Waals surface area (Å²) in [5, 5.41) is 0. The van der Waals surface area contributed by atoms with Crippen LogP contribution in [0.5, 0.6) is 11.5 Å². The van der Waals surface area contributed by atoms with E-state index in [-0.39, 0.29) is 17.7 Å². The molecule has 6 nitrogen and oxygen atoms in total. The predicted octanol–water partition coefficient (Wildman–Crippen LogP) is 3.61. The number of carbonyl (C=O) groups excluding carboxylic acids is 1. The fourth-order valence-corrected chi connectivity index (χ4v) is 2.56. The summed E-state index contributed by atoms with van der Waals surface area (Å²) in [6, 6.07) is 15.0. The van der Waals surface area contributed by atoms with Crippen molar-refractivity contribution in [2.24, 2.45) is 4.99 Å². The zero-order valence-corrected chi connectivity index (χ0v) is 14.9. The number of hydrogen-bond acceptors (Lipinski definition) is 5. The van der Waals surface area contributed by atoms with Crippen molar-refractivity contribution in [1.82, 2.24) is 4.90 Å². The van der Waals surface area contributed by atoms with E-state index in [0.717, 1.165) is 5.69 Å². The quantitative estimate of drug-likeness (QED) is 0.771. The van der Waals surface area contributed by atoms with Crippen LogP contribution in [0.2, 0.25) is 0 Å². The highest BCUT2D eigenvalue weighted by Gasteiger charge is 2.33. The van der Waals surface area contributed by atoms with Gasteiger partial charge in [0, 0.05) is 18.2 Å². The maximum absolute atomic E-state index is 12.7. The molecule has 1 amide bonds. The average Bonchev–Trinajstić information content (AvgIpc) is 2.97. The van der Waals surface area contributed by atoms with Crippen LogP contribution in [-0.2, 0) is 9.53 Å². The molecule has 0 atom stereocenters. The van der Waals surface area contributed by atoms with Crippen molar-refractivity contribution in [2.45, 2.75) is 6.92 Å². The van der Waals surface area contributed by atoms with Crippen molar-refractivity contribution in [2.75, 3.05) is 20.8 Å². The third kappa shape index (κ3) is 3.54. The third-order valence-corrected chi connectivity index (χ3v) is 3.91. The van der Waals surface area contributed by atoms with Crippen molar-refractivity contribution in [3.63, 3.8) is 0 Å². The number of aliphatic imine (C=N–C) groups is 1. The zero-order chi connectivity index (χ0) is 18.5. The summed E-state index contributed by atoms with van der Waals surface area (Å²) in [4.78, 5) is 18.6. The van der Waals surface area contributed by atoms with Gasteiger partial charge in [0.05, 0.1) is 19.9 Å². The Balaban J connectivity index is 1.95. The number of para-hydroxylation sites is 1. The molecule has 0 spiro atoms. The molecule has 26 heavy (non-hydrogen) atoms. The van der Waals surface area contributed by atoms with Crippen LogP contribution >= 0.6 is 0 Å². The fraction of sp³-hybridized carbons (Fsp3) is 0.200. The van der Waals surface area contributed by atoms with Gasteiger partial charge in [-0.15, -0.1) is 0 Å². The molecule has 0 N–H and O–H groups in total. The molecule has 2 aromatic rings. The summed E-state index contributed by atoms with van der Waals surface area (Å²) in [5.41, 5.74) is 1.44. The van der Waals surface area contributed by atoms with Crippen molar-refractivity contribution < 1.29 is 19.0 Å². The molecule has 1 fully saturated rings. The minimum Gasteiger partial charge on any atom is -0.497 e. The minimum absolute atomic E-state index is 0.199. The molecule has 1 aliphatic heterocycles. The van der Waals surface area contributed by atoms with Gasteiger partial charge in [-0.1, -0.05) is 18.2 Å². The van der Waals surface area contributed by atoms with Gasteiger partial charge < -0.3 is 14.2 Å². The summed E-state index contributed by atoms with van der Waals surface area (Å²) in [6.07, 6.45) is 1.65. The molecular formula is C20H20N2O4. The molecule has 0 aliphatic carbocycles. The van der Waals surface area contributed by atoms with Gasteiger partial charge >= 0.3 is 6.02 Å². The lowest BCUT2D eigenvalue weighted by Gasteiger charge is -2.09. The number of methoxy groups -OCH3 is 2. The lowest BCUT2D eigenvalue weighted by molar-refractivity contribution is -0.122. The van der Waals surface area contributed by atoms with Gasteiger partial charge in [-0.25, -0.2) is 0 Å². The molecule has 134 valence electrons. The maximum atomic E-state index is 12.7. The lowest BCUT2D eigenvalue weighted by Crippen LogP contribution is -2.29. The Kier molecular flexibility index (Phi) is 5.22. The number of hydrogen-bond donors (Lipinski definition) is 0. The van der Waals surface area contributed by atoms with E-state index in [4.69, 9.17) is 14.2 Å². The van der Waals surface area contributed by atoms with Gasteiger partial charge in [-0.05, 0) is 37.3 Å². The Hall–Kier alpha value is -3.28. The number of likely N-dealkylation sites (N-methyl/N-ethyl adjacent to an activating group) is 1. The summed E-state index contributed by atoms with van der Waals surface area (Å²) in [5.74, 6) is 1.22. The van der Waals surface area contributed by atoms with E-state index in [0.29, 0.717) is 23.6 Å². The van der Waals surface area contributed by atoms with E-state index >= 15 is 0 Å². The molecule has 0 saturated carbocycles. The highest BCUT2D eigenvalue weighted by molar-refractivity contribution is 6.11. The van der Waals surface area contributed by atoms with E-state index in [1.54, 1.807) is 32.4 Å². The van der Waals surface area contributed by atoms with Crippen LogP contribution in [0, 0.1) is 0 Å². The number of amides is 1. The van der Waals surface area contributed by atoms with E-state index in [1.807, 2.05) is 43.3 Å². The Morgan fingerprint density at radius 1 is 1.12 bits per heavy atom. The Bertz CT molecular complexity index is 859. The second-order valence-electron chi connectivity index (χ2n) is 5.50. The first-order chi connectivity index (χ1) is 12.7. The summed E-state index contributed by atoms with van der Waals surface area (Å²) in [7, 11) is 3.15. The zero-order valence-electron chi connectivity index (χ0n) is 14.9. The molecule has 0 bridgehead atoms. The largest absolute Gasteiger partial charge is 0.497 e. The van der Waals surface area contributed by atoms with Crippen LogP contribution in [0.4, 0.5) is 5.69 Å². The maximum Gasteiger partial charge on any atom is 0.305 e. The van der Waals surface area contributed by atoms with E-state index in [9.17, 15) is 4.79 Å². The monoisotopic (exact) mass is 352 g/mol. The van der Waals surface area contributed by atoms with Gasteiger partial charge in [0.25, 0.3) is 5.91 Å². The smallest absolute Gasteiger partial charge is 0.305 e. The topological polar surface area (TPSA) is 60.4 Å². The SMILES string of the molecule is CCN1C(=O)/C(=C\c2ccc(OC)cc2OC)OC1=Nc1ccccc1. The first-order valence-corrected chi connectivity index (χ1v) is 8.23. The molecule has 0 radical (unpaired) electrons. The number of amidine groups is 1. The van der Waals surface area contributed by atoms with Crippen molar-refractivity contribution in [3.8, 4) is 11.5 Å². The van der Waals surface area contributed by atoms with Crippen LogP contribution in [0.3, 0.4) is 0 Å². The predicted molar refractivity (Wildman–Crippen MR) is 99.5 cm³/mol. The number of carbonyl (C=O) groups is 1. The Labute approximate surface area is 152 Å². The van der Waals surface area contributed by atoms with Crippen LogP contribution < -0.4 is 9.47 Å². The Morgan fingerprint density at radius 2 is 1.88 bits per heavy atom. The summed E-state index contributed by atoms with van der Waals surface area (Å²) in [6.45, 7) is 2.33. The van der Waals surface area contributed by atoms with E-state index < -0.39 is 0 Å². The number of benzene rings is 2. The van der Waals surface area contributed by atoms with Crippen molar-refractivity contribution >= 4 is 23.7 Å². The van der Waals surface area contributed by atoms with Gasteiger partial charge in [-0.3, -0.25) is 9.69 Å². The van der Waals surface area contributed by atoms with Crippen LogP contribution in [0.25, 0.3) is 6.08 Å². The molecule has 6 heteroatoms. The van der Waals surface area contributed by atoms with Crippen LogP contribution in [-0.4, -0.2) is 37.6 Å². The highest BCUT2D eigenvalue weighted by Crippen LogP contribution is 2.29. The number of rotatable bonds is 5. The average molecular weight is 352 g/mol. The highest BCUT2D eigenvalue weighted by atomic mass is 16.5. The Morgan fingerprint density at radius 3 is 2.54 bits per heavy atom. The van der Waals surface area contributed by atoms with Gasteiger partial charge in [0.1, 0.15) is 11.5 Å². The standard InChI is InChI=1S/C20H20N2O4/c1-4-22-19(23)18(26-20(22)21-15-8-6-5-7-9-15)12-14-10-11-16(24-2)13-17(14)25-3/h5-13H,4H2,1-3H3/b18-12+,21-20?. The molecule has 3 rings (SSSR count). The van der Waals surface area contributed by atoms with Gasteiger partial charge in [0.15, 0.2) is 5.76 Å². The number of ether oxygens (including phenoxy) is 3. The molecular weight excluding hydrogens is 332 g/mol. The molecule has 0 unspecified atom stereocenters. The van der Waals surface area contributed by atoms with Crippen molar-refractivity contribution in [1.29, 1.82) is 0 Å². The minimum atomic E-state index is -0.236. The molecule has 0 aromatic heterocycles. The summed E-state index contributed by atoms with van der Waals surface area (Å²) < 4.78 is 16.3. The molecule has 1 heterocycles. The first-order valence-electron chi connectivity index (χ1n) is 8.23. The van der Waals surface area contributed by atoms with Gasteiger partial charge in [0.2, 0.25) is 0 Å². The normalized spacial score (nSPS) is 16.9.